The van der Waals surface area contributed by atoms with Gasteiger partial charge in [0.25, 0.3) is 5.69 Å². The number of non-ortho nitro benzene ring substituents is 1. The number of ether oxygens (including phenoxy) is 1. The van der Waals surface area contributed by atoms with Crippen LogP contribution >= 0.6 is 0 Å². The van der Waals surface area contributed by atoms with Crippen molar-refractivity contribution in [3.63, 3.8) is 0 Å². The zero-order chi connectivity index (χ0) is 15.6. The summed E-state index contributed by atoms with van der Waals surface area (Å²) < 4.78 is 4.89. The molecular weight excluding hydrogens is 276 g/mol. The first kappa shape index (κ1) is 15.0. The van der Waals surface area contributed by atoms with E-state index in [1.165, 1.54) is 17.0 Å². The Kier molecular flexibility index (Phi) is 4.21. The zero-order valence-electron chi connectivity index (χ0n) is 11.9. The van der Waals surface area contributed by atoms with Gasteiger partial charge in [-0.3, -0.25) is 19.7 Å². The predicted octanol–water partition coefficient (Wildman–Crippen LogP) is 1.82. The maximum Gasteiger partial charge on any atom is 0.318 e. The summed E-state index contributed by atoms with van der Waals surface area (Å²) in [7, 11) is 0. The third kappa shape index (κ3) is 2.86. The Morgan fingerprint density at radius 3 is 2.81 bits per heavy atom. The van der Waals surface area contributed by atoms with Crippen LogP contribution in [0.15, 0.2) is 18.2 Å². The average Bonchev–Trinajstić information content (AvgIpc) is 2.80. The van der Waals surface area contributed by atoms with Gasteiger partial charge in [-0.2, -0.15) is 0 Å². The third-order valence-corrected chi connectivity index (χ3v) is 3.46. The van der Waals surface area contributed by atoms with E-state index < -0.39 is 16.8 Å². The minimum absolute atomic E-state index is 0.0233. The SMILES string of the molecule is CCOC(=O)C1CCN(c2ccc([N+](=O)[O-])cc2C)C1=O. The standard InChI is InChI=1S/C14H16N2O5/c1-3-21-14(18)11-6-7-15(13(11)17)12-5-4-10(16(19)20)8-9(12)2/h4-5,8,11H,3,6-7H2,1-2H3. The first-order valence-corrected chi connectivity index (χ1v) is 6.68. The van der Waals surface area contributed by atoms with Crippen molar-refractivity contribution >= 4 is 23.3 Å². The predicted molar refractivity (Wildman–Crippen MR) is 74.9 cm³/mol. The number of hydrogen-bond acceptors (Lipinski definition) is 5. The monoisotopic (exact) mass is 292 g/mol. The molecule has 1 atom stereocenters. The molecule has 1 fully saturated rings. The number of carbonyl (C=O) groups is 2. The molecule has 112 valence electrons. The molecule has 0 bridgehead atoms. The maximum absolute atomic E-state index is 12.3. The van der Waals surface area contributed by atoms with Gasteiger partial charge in [-0.15, -0.1) is 0 Å². The summed E-state index contributed by atoms with van der Waals surface area (Å²) in [5, 5.41) is 10.7. The second-order valence-electron chi connectivity index (χ2n) is 4.81. The fraction of sp³-hybridized carbons (Fsp3) is 0.429. The number of rotatable bonds is 4. The molecule has 1 aliphatic rings. The van der Waals surface area contributed by atoms with Crippen molar-refractivity contribution in [3.8, 4) is 0 Å². The van der Waals surface area contributed by atoms with Gasteiger partial charge in [0.15, 0.2) is 0 Å². The Bertz CT molecular complexity index is 599. The summed E-state index contributed by atoms with van der Waals surface area (Å²) in [5.41, 5.74) is 1.20. The normalized spacial score (nSPS) is 17.9. The van der Waals surface area contributed by atoms with Crippen LogP contribution in [0.25, 0.3) is 0 Å². The van der Waals surface area contributed by atoms with Crippen LogP contribution in [0, 0.1) is 23.0 Å². The van der Waals surface area contributed by atoms with Crippen LogP contribution in [0.4, 0.5) is 11.4 Å². The summed E-state index contributed by atoms with van der Waals surface area (Å²) in [6.07, 6.45) is 0.397. The highest BCUT2D eigenvalue weighted by atomic mass is 16.6. The summed E-state index contributed by atoms with van der Waals surface area (Å²) in [6.45, 7) is 4.03. The molecule has 0 aliphatic carbocycles. The molecule has 7 nitrogen and oxygen atoms in total. The maximum atomic E-state index is 12.3. The zero-order valence-corrected chi connectivity index (χ0v) is 11.9. The molecule has 0 radical (unpaired) electrons. The van der Waals surface area contributed by atoms with Crippen LogP contribution in [0.3, 0.4) is 0 Å². The summed E-state index contributed by atoms with van der Waals surface area (Å²) in [6, 6.07) is 4.31. The number of benzene rings is 1. The second kappa shape index (κ2) is 5.90. The Labute approximate surface area is 121 Å². The number of amides is 1. The Morgan fingerprint density at radius 2 is 2.24 bits per heavy atom. The number of hydrogen-bond donors (Lipinski definition) is 0. The molecule has 1 aromatic rings. The van der Waals surface area contributed by atoms with Crippen LogP contribution < -0.4 is 4.90 Å². The number of esters is 1. The van der Waals surface area contributed by atoms with Crippen molar-refractivity contribution in [3.05, 3.63) is 33.9 Å². The highest BCUT2D eigenvalue weighted by Gasteiger charge is 2.39. The van der Waals surface area contributed by atoms with Gasteiger partial charge in [0.05, 0.1) is 11.5 Å². The van der Waals surface area contributed by atoms with Gasteiger partial charge in [-0.1, -0.05) is 0 Å². The number of nitro groups is 1. The van der Waals surface area contributed by atoms with E-state index in [-0.39, 0.29) is 18.2 Å². The van der Waals surface area contributed by atoms with Crippen molar-refractivity contribution in [2.45, 2.75) is 20.3 Å². The van der Waals surface area contributed by atoms with Gasteiger partial charge < -0.3 is 9.64 Å². The van der Waals surface area contributed by atoms with E-state index in [1.54, 1.807) is 19.9 Å². The Balaban J connectivity index is 2.22. The molecule has 0 spiro atoms. The van der Waals surface area contributed by atoms with Gasteiger partial charge in [-0.25, -0.2) is 0 Å². The molecule has 1 aliphatic heterocycles. The molecule has 0 saturated carbocycles. The van der Waals surface area contributed by atoms with Crippen LogP contribution in [-0.4, -0.2) is 30.0 Å². The molecule has 1 aromatic carbocycles. The number of nitro benzene ring substituents is 1. The molecule has 21 heavy (non-hydrogen) atoms. The smallest absolute Gasteiger partial charge is 0.318 e. The van der Waals surface area contributed by atoms with Crippen LogP contribution in [-0.2, 0) is 14.3 Å². The molecule has 0 N–H and O–H groups in total. The van der Waals surface area contributed by atoms with Gasteiger partial charge in [-0.05, 0) is 31.9 Å². The van der Waals surface area contributed by atoms with E-state index in [9.17, 15) is 19.7 Å². The largest absolute Gasteiger partial charge is 0.465 e. The van der Waals surface area contributed by atoms with E-state index in [0.717, 1.165) is 0 Å². The number of nitrogens with zero attached hydrogens (tertiary/aromatic N) is 2. The molecule has 7 heteroatoms. The lowest BCUT2D eigenvalue weighted by atomic mass is 10.1. The summed E-state index contributed by atoms with van der Waals surface area (Å²) >= 11 is 0. The van der Waals surface area contributed by atoms with Crippen molar-refractivity contribution in [1.82, 2.24) is 0 Å². The summed E-state index contributed by atoms with van der Waals surface area (Å²) in [5.74, 6) is -1.60. The lowest BCUT2D eigenvalue weighted by Crippen LogP contribution is -2.31. The third-order valence-electron chi connectivity index (χ3n) is 3.46. The molecule has 1 heterocycles. The van der Waals surface area contributed by atoms with Crippen LogP contribution in [0.2, 0.25) is 0 Å². The number of aryl methyl sites for hydroxylation is 1. The first-order chi connectivity index (χ1) is 9.95. The van der Waals surface area contributed by atoms with Crippen molar-refractivity contribution in [1.29, 1.82) is 0 Å². The topological polar surface area (TPSA) is 89.8 Å². The van der Waals surface area contributed by atoms with E-state index in [4.69, 9.17) is 4.74 Å². The van der Waals surface area contributed by atoms with Gasteiger partial charge in [0, 0.05) is 24.4 Å². The molecule has 2 rings (SSSR count). The van der Waals surface area contributed by atoms with Crippen LogP contribution in [0.5, 0.6) is 0 Å². The molecule has 1 amide bonds. The van der Waals surface area contributed by atoms with Gasteiger partial charge in [0.2, 0.25) is 5.91 Å². The Morgan fingerprint density at radius 1 is 1.52 bits per heavy atom. The minimum Gasteiger partial charge on any atom is -0.465 e. The Hall–Kier alpha value is -2.44. The van der Waals surface area contributed by atoms with Crippen molar-refractivity contribution < 1.29 is 19.2 Å². The van der Waals surface area contributed by atoms with E-state index in [1.807, 2.05) is 0 Å². The molecule has 1 unspecified atom stereocenters. The minimum atomic E-state index is -0.778. The van der Waals surface area contributed by atoms with Gasteiger partial charge >= 0.3 is 5.97 Å². The number of anilines is 1. The van der Waals surface area contributed by atoms with E-state index >= 15 is 0 Å². The first-order valence-electron chi connectivity index (χ1n) is 6.68. The molecular formula is C14H16N2O5. The molecule has 1 saturated heterocycles. The molecule has 0 aromatic heterocycles. The number of carbonyl (C=O) groups excluding carboxylic acids is 2. The highest BCUT2D eigenvalue weighted by Crippen LogP contribution is 2.30. The lowest BCUT2D eigenvalue weighted by molar-refractivity contribution is -0.384. The highest BCUT2D eigenvalue weighted by molar-refractivity contribution is 6.08. The fourth-order valence-electron chi connectivity index (χ4n) is 2.44. The van der Waals surface area contributed by atoms with Crippen molar-refractivity contribution in [2.75, 3.05) is 18.1 Å². The van der Waals surface area contributed by atoms with E-state index in [2.05, 4.69) is 0 Å². The summed E-state index contributed by atoms with van der Waals surface area (Å²) in [4.78, 5) is 35.7. The second-order valence-corrected chi connectivity index (χ2v) is 4.81. The van der Waals surface area contributed by atoms with Crippen LogP contribution in [0.1, 0.15) is 18.9 Å². The average molecular weight is 292 g/mol. The lowest BCUT2D eigenvalue weighted by Gasteiger charge is -2.18. The fourth-order valence-corrected chi connectivity index (χ4v) is 2.44. The quantitative estimate of drug-likeness (QED) is 0.365. The van der Waals surface area contributed by atoms with Gasteiger partial charge in [0.1, 0.15) is 5.92 Å². The van der Waals surface area contributed by atoms with E-state index in [0.29, 0.717) is 24.2 Å². The van der Waals surface area contributed by atoms with Crippen molar-refractivity contribution in [2.24, 2.45) is 5.92 Å².